The third kappa shape index (κ3) is 3.55. The lowest BCUT2D eigenvalue weighted by Crippen LogP contribution is -2.61. The fraction of sp³-hybridized carbons (Fsp3) is 0.647. The summed E-state index contributed by atoms with van der Waals surface area (Å²) in [7, 11) is 0. The van der Waals surface area contributed by atoms with Gasteiger partial charge in [0.15, 0.2) is 0 Å². The van der Waals surface area contributed by atoms with Crippen molar-refractivity contribution in [3.05, 3.63) is 34.9 Å². The highest BCUT2D eigenvalue weighted by molar-refractivity contribution is 6.30. The van der Waals surface area contributed by atoms with E-state index in [0.29, 0.717) is 5.54 Å². The molecule has 1 spiro atoms. The predicted octanol–water partition coefficient (Wildman–Crippen LogP) is 3.49. The summed E-state index contributed by atoms with van der Waals surface area (Å²) in [4.78, 5) is 2.65. The number of piperazine rings is 1. The molecular weight excluding hydrogens is 268 g/mol. The van der Waals surface area contributed by atoms with Crippen molar-refractivity contribution in [1.29, 1.82) is 0 Å². The van der Waals surface area contributed by atoms with Crippen LogP contribution in [0, 0.1) is 0 Å². The van der Waals surface area contributed by atoms with Gasteiger partial charge in [0.2, 0.25) is 0 Å². The van der Waals surface area contributed by atoms with E-state index in [9.17, 15) is 0 Å². The smallest absolute Gasteiger partial charge is 0.0406 e. The number of hydrogen-bond acceptors (Lipinski definition) is 2. The Labute approximate surface area is 127 Å². The SMILES string of the molecule is Clc1ccc(CCN2CCNC3(CCCCC3)C2)cc1. The first-order valence-corrected chi connectivity index (χ1v) is 8.35. The summed E-state index contributed by atoms with van der Waals surface area (Å²) < 4.78 is 0. The molecule has 1 aromatic rings. The van der Waals surface area contributed by atoms with Crippen LogP contribution in [0.5, 0.6) is 0 Å². The molecule has 0 radical (unpaired) electrons. The molecule has 0 unspecified atom stereocenters. The maximum absolute atomic E-state index is 5.94. The number of rotatable bonds is 3. The van der Waals surface area contributed by atoms with Gasteiger partial charge in [0.25, 0.3) is 0 Å². The molecule has 1 saturated carbocycles. The summed E-state index contributed by atoms with van der Waals surface area (Å²) in [6, 6.07) is 8.30. The summed E-state index contributed by atoms with van der Waals surface area (Å²) in [5.74, 6) is 0. The Morgan fingerprint density at radius 1 is 1.10 bits per heavy atom. The minimum atomic E-state index is 0.427. The lowest BCUT2D eigenvalue weighted by Gasteiger charge is -2.46. The van der Waals surface area contributed by atoms with E-state index in [1.165, 1.54) is 57.3 Å². The van der Waals surface area contributed by atoms with E-state index in [4.69, 9.17) is 11.6 Å². The Kier molecular flexibility index (Phi) is 4.65. The van der Waals surface area contributed by atoms with Crippen molar-refractivity contribution in [3.63, 3.8) is 0 Å². The first-order chi connectivity index (χ1) is 9.76. The van der Waals surface area contributed by atoms with Crippen molar-refractivity contribution in [2.75, 3.05) is 26.2 Å². The molecule has 2 nitrogen and oxygen atoms in total. The third-order valence-electron chi connectivity index (χ3n) is 4.89. The van der Waals surface area contributed by atoms with Crippen LogP contribution in [0.25, 0.3) is 0 Å². The topological polar surface area (TPSA) is 15.3 Å². The highest BCUT2D eigenvalue weighted by Gasteiger charge is 2.35. The highest BCUT2D eigenvalue weighted by atomic mass is 35.5. The van der Waals surface area contributed by atoms with Gasteiger partial charge in [-0.1, -0.05) is 43.0 Å². The van der Waals surface area contributed by atoms with Crippen LogP contribution < -0.4 is 5.32 Å². The molecule has 2 aliphatic rings. The zero-order valence-corrected chi connectivity index (χ0v) is 13.0. The molecule has 1 N–H and O–H groups in total. The zero-order valence-electron chi connectivity index (χ0n) is 12.2. The molecule has 1 aromatic carbocycles. The van der Waals surface area contributed by atoms with E-state index in [1.54, 1.807) is 0 Å². The molecule has 110 valence electrons. The molecule has 0 atom stereocenters. The number of halogens is 1. The van der Waals surface area contributed by atoms with Crippen LogP contribution in [0.2, 0.25) is 5.02 Å². The minimum Gasteiger partial charge on any atom is -0.309 e. The van der Waals surface area contributed by atoms with Gasteiger partial charge in [-0.3, -0.25) is 4.90 Å². The molecule has 0 amide bonds. The lowest BCUT2D eigenvalue weighted by atomic mass is 9.80. The monoisotopic (exact) mass is 292 g/mol. The maximum Gasteiger partial charge on any atom is 0.0406 e. The van der Waals surface area contributed by atoms with Crippen LogP contribution in [0.3, 0.4) is 0 Å². The Balaban J connectivity index is 1.53. The van der Waals surface area contributed by atoms with E-state index < -0.39 is 0 Å². The molecule has 20 heavy (non-hydrogen) atoms. The van der Waals surface area contributed by atoms with Crippen LogP contribution in [-0.2, 0) is 6.42 Å². The van der Waals surface area contributed by atoms with Gasteiger partial charge < -0.3 is 5.32 Å². The average Bonchev–Trinajstić information content (AvgIpc) is 2.48. The molecule has 3 heteroatoms. The molecule has 1 saturated heterocycles. The second-order valence-corrected chi connectivity index (χ2v) is 6.86. The second kappa shape index (κ2) is 6.46. The van der Waals surface area contributed by atoms with Crippen molar-refractivity contribution in [2.24, 2.45) is 0 Å². The van der Waals surface area contributed by atoms with Gasteiger partial charge in [0, 0.05) is 36.7 Å². The van der Waals surface area contributed by atoms with Crippen molar-refractivity contribution in [3.8, 4) is 0 Å². The van der Waals surface area contributed by atoms with Crippen LogP contribution in [-0.4, -0.2) is 36.6 Å². The average molecular weight is 293 g/mol. The Hall–Kier alpha value is -0.570. The van der Waals surface area contributed by atoms with E-state index in [1.807, 2.05) is 12.1 Å². The van der Waals surface area contributed by atoms with Gasteiger partial charge in [-0.15, -0.1) is 0 Å². The Bertz CT molecular complexity index is 418. The van der Waals surface area contributed by atoms with Crippen LogP contribution in [0.1, 0.15) is 37.7 Å². The fourth-order valence-corrected chi connectivity index (χ4v) is 3.86. The molecule has 0 bridgehead atoms. The highest BCUT2D eigenvalue weighted by Crippen LogP contribution is 2.30. The van der Waals surface area contributed by atoms with Gasteiger partial charge in [0.05, 0.1) is 0 Å². The molecule has 3 rings (SSSR count). The van der Waals surface area contributed by atoms with Crippen molar-refractivity contribution >= 4 is 11.6 Å². The molecule has 1 aliphatic heterocycles. The fourth-order valence-electron chi connectivity index (χ4n) is 3.73. The molecule has 2 fully saturated rings. The van der Waals surface area contributed by atoms with E-state index in [0.717, 1.165) is 18.0 Å². The second-order valence-electron chi connectivity index (χ2n) is 6.42. The molecule has 0 aromatic heterocycles. The van der Waals surface area contributed by atoms with E-state index in [-0.39, 0.29) is 0 Å². The van der Waals surface area contributed by atoms with Crippen molar-refractivity contribution < 1.29 is 0 Å². The Morgan fingerprint density at radius 2 is 1.85 bits per heavy atom. The van der Waals surface area contributed by atoms with Gasteiger partial charge in [0.1, 0.15) is 0 Å². The minimum absolute atomic E-state index is 0.427. The number of hydrogen-bond donors (Lipinski definition) is 1. The van der Waals surface area contributed by atoms with Gasteiger partial charge in [-0.2, -0.15) is 0 Å². The standard InChI is InChI=1S/C17H25ClN2/c18-16-6-4-15(5-7-16)8-12-20-13-11-19-17(14-20)9-2-1-3-10-17/h4-7,19H,1-3,8-14H2. The molecule has 1 aliphatic carbocycles. The predicted molar refractivity (Wildman–Crippen MR) is 85.4 cm³/mol. The molecule has 1 heterocycles. The summed E-state index contributed by atoms with van der Waals surface area (Å²) in [6.45, 7) is 4.75. The Morgan fingerprint density at radius 3 is 2.60 bits per heavy atom. The summed E-state index contributed by atoms with van der Waals surface area (Å²) >= 11 is 5.94. The zero-order chi connectivity index (χ0) is 13.8. The number of nitrogens with one attached hydrogen (secondary N) is 1. The summed E-state index contributed by atoms with van der Waals surface area (Å²) in [5, 5.41) is 4.64. The van der Waals surface area contributed by atoms with Crippen LogP contribution >= 0.6 is 11.6 Å². The summed E-state index contributed by atoms with van der Waals surface area (Å²) in [5.41, 5.74) is 1.82. The van der Waals surface area contributed by atoms with E-state index >= 15 is 0 Å². The van der Waals surface area contributed by atoms with Crippen LogP contribution in [0.4, 0.5) is 0 Å². The van der Waals surface area contributed by atoms with Crippen molar-refractivity contribution in [1.82, 2.24) is 10.2 Å². The lowest BCUT2D eigenvalue weighted by molar-refractivity contribution is 0.100. The number of nitrogens with zero attached hydrogens (tertiary/aromatic N) is 1. The van der Waals surface area contributed by atoms with Crippen molar-refractivity contribution in [2.45, 2.75) is 44.1 Å². The third-order valence-corrected chi connectivity index (χ3v) is 5.15. The van der Waals surface area contributed by atoms with Gasteiger partial charge in [-0.05, 0) is 37.0 Å². The maximum atomic E-state index is 5.94. The van der Waals surface area contributed by atoms with Crippen LogP contribution in [0.15, 0.2) is 24.3 Å². The largest absolute Gasteiger partial charge is 0.309 e. The van der Waals surface area contributed by atoms with E-state index in [2.05, 4.69) is 22.3 Å². The molecular formula is C17H25ClN2. The quantitative estimate of drug-likeness (QED) is 0.917. The number of benzene rings is 1. The van der Waals surface area contributed by atoms with Gasteiger partial charge in [-0.25, -0.2) is 0 Å². The first kappa shape index (κ1) is 14.4. The normalized spacial score (nSPS) is 23.1. The summed E-state index contributed by atoms with van der Waals surface area (Å²) in [6.07, 6.45) is 8.09. The van der Waals surface area contributed by atoms with Gasteiger partial charge >= 0.3 is 0 Å². The first-order valence-electron chi connectivity index (χ1n) is 7.98.